The van der Waals surface area contributed by atoms with Crippen LogP contribution in [0.25, 0.3) is 0 Å². The number of rotatable bonds is 2. The van der Waals surface area contributed by atoms with Crippen LogP contribution >= 0.6 is 0 Å². The highest BCUT2D eigenvalue weighted by Gasteiger charge is 2.21. The Morgan fingerprint density at radius 3 is 2.44 bits per heavy atom. The first-order chi connectivity index (χ1) is 7.47. The first-order valence-electron chi connectivity index (χ1n) is 6.51. The summed E-state index contributed by atoms with van der Waals surface area (Å²) in [5.41, 5.74) is 1.40. The summed E-state index contributed by atoms with van der Waals surface area (Å²) in [4.78, 5) is 4.69. The van der Waals surface area contributed by atoms with E-state index in [1.807, 2.05) is 0 Å². The van der Waals surface area contributed by atoms with E-state index in [-0.39, 0.29) is 5.41 Å². The molecular formula is C14H24N2. The molecule has 0 saturated heterocycles. The van der Waals surface area contributed by atoms with E-state index >= 15 is 0 Å². The first-order valence-corrected chi connectivity index (χ1v) is 6.51. The van der Waals surface area contributed by atoms with Gasteiger partial charge in [-0.3, -0.25) is 0 Å². The quantitative estimate of drug-likeness (QED) is 0.743. The fourth-order valence-electron chi connectivity index (χ4n) is 2.53. The van der Waals surface area contributed by atoms with Crippen LogP contribution in [-0.2, 0) is 12.0 Å². The molecule has 16 heavy (non-hydrogen) atoms. The van der Waals surface area contributed by atoms with E-state index in [1.54, 1.807) is 0 Å². The van der Waals surface area contributed by atoms with Crippen molar-refractivity contribution < 1.29 is 0 Å². The van der Waals surface area contributed by atoms with Crippen molar-refractivity contribution in [1.82, 2.24) is 9.55 Å². The molecule has 0 atom stereocenters. The summed E-state index contributed by atoms with van der Waals surface area (Å²) in [5.74, 6) is 2.07. The molecule has 1 fully saturated rings. The number of aryl methyl sites for hydroxylation is 1. The lowest BCUT2D eigenvalue weighted by Crippen LogP contribution is -2.11. The van der Waals surface area contributed by atoms with Gasteiger partial charge >= 0.3 is 0 Å². The number of hydrogen-bond acceptors (Lipinski definition) is 1. The number of hydrogen-bond donors (Lipinski definition) is 0. The molecule has 0 aromatic carbocycles. The van der Waals surface area contributed by atoms with Gasteiger partial charge in [-0.25, -0.2) is 4.98 Å². The van der Waals surface area contributed by atoms with Crippen molar-refractivity contribution in [3.63, 3.8) is 0 Å². The zero-order chi connectivity index (χ0) is 11.8. The molecule has 0 spiro atoms. The lowest BCUT2D eigenvalue weighted by Gasteiger charge is -2.14. The van der Waals surface area contributed by atoms with Crippen molar-refractivity contribution in [1.29, 1.82) is 0 Å². The average molecular weight is 220 g/mol. The summed E-state index contributed by atoms with van der Waals surface area (Å²) in [7, 11) is 0. The molecule has 1 aliphatic carbocycles. The Bertz CT molecular complexity index is 351. The molecule has 0 N–H and O–H groups in total. The van der Waals surface area contributed by atoms with Gasteiger partial charge in [0.05, 0.1) is 5.69 Å². The molecule has 0 amide bonds. The summed E-state index contributed by atoms with van der Waals surface area (Å²) in [6, 6.07) is 0. The Morgan fingerprint density at radius 2 is 1.94 bits per heavy atom. The normalized spacial score (nSPS) is 18.2. The number of nitrogens with zero attached hydrogens (tertiary/aromatic N) is 2. The fourth-order valence-corrected chi connectivity index (χ4v) is 2.53. The fraction of sp³-hybridized carbons (Fsp3) is 0.786. The number of imidazole rings is 1. The second-order valence-electron chi connectivity index (χ2n) is 6.23. The van der Waals surface area contributed by atoms with Gasteiger partial charge in [-0.15, -0.1) is 0 Å². The molecule has 0 unspecified atom stereocenters. The van der Waals surface area contributed by atoms with Crippen LogP contribution in [0, 0.1) is 12.8 Å². The average Bonchev–Trinajstić information content (AvgIpc) is 2.76. The van der Waals surface area contributed by atoms with Gasteiger partial charge in [-0.1, -0.05) is 33.6 Å². The Morgan fingerprint density at radius 1 is 1.31 bits per heavy atom. The minimum absolute atomic E-state index is 0.172. The van der Waals surface area contributed by atoms with Crippen molar-refractivity contribution in [2.45, 2.75) is 65.3 Å². The van der Waals surface area contributed by atoms with Gasteiger partial charge < -0.3 is 4.57 Å². The third kappa shape index (κ3) is 2.47. The van der Waals surface area contributed by atoms with Gasteiger partial charge in [0.25, 0.3) is 0 Å². The Labute approximate surface area is 99.1 Å². The minimum Gasteiger partial charge on any atom is -0.335 e. The molecule has 0 aliphatic heterocycles. The van der Waals surface area contributed by atoms with Crippen molar-refractivity contribution >= 4 is 0 Å². The molecule has 1 saturated carbocycles. The lowest BCUT2D eigenvalue weighted by molar-refractivity contribution is 0.450. The van der Waals surface area contributed by atoms with Crippen LogP contribution in [0.3, 0.4) is 0 Å². The predicted octanol–water partition coefficient (Wildman–Crippen LogP) is 3.68. The zero-order valence-electron chi connectivity index (χ0n) is 11.1. The molecular weight excluding hydrogens is 196 g/mol. The maximum Gasteiger partial charge on any atom is 0.105 e. The summed E-state index contributed by atoms with van der Waals surface area (Å²) >= 11 is 0. The van der Waals surface area contributed by atoms with E-state index in [4.69, 9.17) is 0 Å². The van der Waals surface area contributed by atoms with Crippen LogP contribution in [0.1, 0.15) is 58.0 Å². The molecule has 1 aromatic rings. The van der Waals surface area contributed by atoms with E-state index in [2.05, 4.69) is 43.4 Å². The Kier molecular flexibility index (Phi) is 3.09. The van der Waals surface area contributed by atoms with Crippen molar-refractivity contribution in [2.24, 2.45) is 5.92 Å². The molecule has 0 radical (unpaired) electrons. The van der Waals surface area contributed by atoms with Crippen molar-refractivity contribution in [2.75, 3.05) is 0 Å². The second kappa shape index (κ2) is 4.23. The molecule has 2 rings (SSSR count). The van der Waals surface area contributed by atoms with E-state index in [9.17, 15) is 0 Å². The molecule has 1 heterocycles. The first kappa shape index (κ1) is 11.7. The largest absolute Gasteiger partial charge is 0.335 e. The molecule has 2 nitrogen and oxygen atoms in total. The second-order valence-corrected chi connectivity index (χ2v) is 6.23. The third-order valence-electron chi connectivity index (χ3n) is 3.67. The van der Waals surface area contributed by atoms with Crippen LogP contribution in [0.4, 0.5) is 0 Å². The molecule has 1 aromatic heterocycles. The van der Waals surface area contributed by atoms with E-state index in [1.165, 1.54) is 43.7 Å². The van der Waals surface area contributed by atoms with Gasteiger partial charge in [0.1, 0.15) is 5.82 Å². The summed E-state index contributed by atoms with van der Waals surface area (Å²) in [6.07, 6.45) is 7.91. The standard InChI is InChI=1S/C14H24N2/c1-11-15-13(14(2,3)4)10-16(11)9-12-7-5-6-8-12/h10,12H,5-9H2,1-4H3. The van der Waals surface area contributed by atoms with Crippen molar-refractivity contribution in [3.8, 4) is 0 Å². The SMILES string of the molecule is Cc1nc(C(C)(C)C)cn1CC1CCCC1. The summed E-state index contributed by atoms with van der Waals surface area (Å²) < 4.78 is 2.36. The molecule has 0 bridgehead atoms. The Balaban J connectivity index is 2.12. The Hall–Kier alpha value is -0.790. The molecule has 1 aliphatic rings. The third-order valence-corrected chi connectivity index (χ3v) is 3.67. The number of aromatic nitrogens is 2. The van der Waals surface area contributed by atoms with E-state index < -0.39 is 0 Å². The molecule has 2 heteroatoms. The van der Waals surface area contributed by atoms with E-state index in [0.717, 1.165) is 5.92 Å². The monoisotopic (exact) mass is 220 g/mol. The van der Waals surface area contributed by atoms with Crippen LogP contribution in [0.2, 0.25) is 0 Å². The smallest absolute Gasteiger partial charge is 0.105 e. The van der Waals surface area contributed by atoms with Crippen LogP contribution < -0.4 is 0 Å². The lowest BCUT2D eigenvalue weighted by atomic mass is 9.93. The highest BCUT2D eigenvalue weighted by molar-refractivity contribution is 5.12. The van der Waals surface area contributed by atoms with Gasteiger partial charge in [-0.05, 0) is 25.7 Å². The van der Waals surface area contributed by atoms with Gasteiger partial charge in [0.15, 0.2) is 0 Å². The maximum atomic E-state index is 4.69. The maximum absolute atomic E-state index is 4.69. The van der Waals surface area contributed by atoms with Crippen LogP contribution in [0.5, 0.6) is 0 Å². The summed E-state index contributed by atoms with van der Waals surface area (Å²) in [6.45, 7) is 10.00. The minimum atomic E-state index is 0.172. The van der Waals surface area contributed by atoms with Gasteiger partial charge in [-0.2, -0.15) is 0 Å². The van der Waals surface area contributed by atoms with Crippen LogP contribution in [0.15, 0.2) is 6.20 Å². The highest BCUT2D eigenvalue weighted by Crippen LogP contribution is 2.28. The summed E-state index contributed by atoms with van der Waals surface area (Å²) in [5, 5.41) is 0. The van der Waals surface area contributed by atoms with Crippen LogP contribution in [-0.4, -0.2) is 9.55 Å². The van der Waals surface area contributed by atoms with Crippen molar-refractivity contribution in [3.05, 3.63) is 17.7 Å². The van der Waals surface area contributed by atoms with Gasteiger partial charge in [0, 0.05) is 18.2 Å². The zero-order valence-corrected chi connectivity index (χ0v) is 11.1. The predicted molar refractivity (Wildman–Crippen MR) is 67.6 cm³/mol. The highest BCUT2D eigenvalue weighted by atomic mass is 15.1. The van der Waals surface area contributed by atoms with Gasteiger partial charge in [0.2, 0.25) is 0 Å². The molecule has 90 valence electrons. The van der Waals surface area contributed by atoms with E-state index in [0.29, 0.717) is 0 Å². The topological polar surface area (TPSA) is 17.8 Å².